The van der Waals surface area contributed by atoms with E-state index in [0.717, 1.165) is 0 Å². The number of alkyl halides is 3. The molecule has 0 amide bonds. The highest BCUT2D eigenvalue weighted by molar-refractivity contribution is 5.46. The second-order valence-electron chi connectivity index (χ2n) is 3.62. The summed E-state index contributed by atoms with van der Waals surface area (Å²) in [6, 6.07) is 4.43. The zero-order valence-electron chi connectivity index (χ0n) is 9.64. The van der Waals surface area contributed by atoms with Crippen molar-refractivity contribution in [2.75, 3.05) is 6.61 Å². The minimum Gasteiger partial charge on any atom is -0.405 e. The molecule has 0 aromatic heterocycles. The van der Waals surface area contributed by atoms with Crippen LogP contribution < -0.4 is 4.74 Å². The molecule has 1 N–H and O–H groups in total. The first-order valence-electron chi connectivity index (χ1n) is 5.20. The molecular weight excluding hydrogens is 233 g/mol. The maximum absolute atomic E-state index is 12.2. The normalized spacial score (nSPS) is 11.9. The molecule has 0 unspecified atom stereocenters. The molecule has 0 spiro atoms. The molecule has 0 aliphatic rings. The van der Waals surface area contributed by atoms with Gasteiger partial charge in [-0.15, -0.1) is 13.2 Å². The van der Waals surface area contributed by atoms with E-state index in [4.69, 9.17) is 5.11 Å². The van der Waals surface area contributed by atoms with Gasteiger partial charge in [-0.05, 0) is 23.6 Å². The molecule has 0 aliphatic heterocycles. The third-order valence-corrected chi connectivity index (χ3v) is 2.41. The SMILES string of the molecule is CCc1c(OC(F)(F)F)cccc1[C](C)CO. The largest absolute Gasteiger partial charge is 0.573 e. The molecule has 1 rings (SSSR count). The summed E-state index contributed by atoms with van der Waals surface area (Å²) in [4.78, 5) is 0. The lowest BCUT2D eigenvalue weighted by atomic mass is 9.94. The van der Waals surface area contributed by atoms with Crippen LogP contribution in [-0.2, 0) is 6.42 Å². The highest BCUT2D eigenvalue weighted by Gasteiger charge is 2.32. The molecule has 0 heterocycles. The van der Waals surface area contributed by atoms with E-state index in [1.165, 1.54) is 12.1 Å². The third-order valence-electron chi connectivity index (χ3n) is 2.41. The Hall–Kier alpha value is -1.23. The predicted molar refractivity (Wildman–Crippen MR) is 57.6 cm³/mol. The summed E-state index contributed by atoms with van der Waals surface area (Å²) >= 11 is 0. The Labute approximate surface area is 98.0 Å². The number of aliphatic hydroxyl groups is 1. The number of ether oxygens (including phenoxy) is 1. The van der Waals surface area contributed by atoms with Crippen molar-refractivity contribution in [2.24, 2.45) is 0 Å². The minimum absolute atomic E-state index is 0.192. The summed E-state index contributed by atoms with van der Waals surface area (Å²) in [6.07, 6.45) is -4.30. The Kier molecular flexibility index (Phi) is 4.40. The fourth-order valence-electron chi connectivity index (χ4n) is 1.64. The van der Waals surface area contributed by atoms with Gasteiger partial charge in [-0.25, -0.2) is 0 Å². The van der Waals surface area contributed by atoms with Crippen LogP contribution in [0.15, 0.2) is 18.2 Å². The number of halogens is 3. The van der Waals surface area contributed by atoms with Gasteiger partial charge < -0.3 is 9.84 Å². The van der Waals surface area contributed by atoms with E-state index >= 15 is 0 Å². The van der Waals surface area contributed by atoms with Gasteiger partial charge in [0.25, 0.3) is 0 Å². The summed E-state index contributed by atoms with van der Waals surface area (Å²) in [6.45, 7) is 3.22. The molecule has 0 atom stereocenters. The van der Waals surface area contributed by atoms with Gasteiger partial charge in [0, 0.05) is 5.92 Å². The van der Waals surface area contributed by atoms with Gasteiger partial charge in [-0.1, -0.05) is 26.0 Å². The Bertz CT molecular complexity index is 375. The summed E-state index contributed by atoms with van der Waals surface area (Å²) < 4.78 is 40.5. The molecule has 1 aromatic carbocycles. The van der Waals surface area contributed by atoms with Crippen molar-refractivity contribution in [3.05, 3.63) is 35.2 Å². The molecule has 0 fully saturated rings. The number of hydrogen-bond donors (Lipinski definition) is 1. The topological polar surface area (TPSA) is 29.5 Å². The minimum atomic E-state index is -4.70. The average molecular weight is 247 g/mol. The van der Waals surface area contributed by atoms with E-state index in [1.807, 2.05) is 0 Å². The van der Waals surface area contributed by atoms with Gasteiger partial charge in [0.2, 0.25) is 0 Å². The molecule has 1 radical (unpaired) electrons. The number of hydrogen-bond acceptors (Lipinski definition) is 2. The monoisotopic (exact) mass is 247 g/mol. The van der Waals surface area contributed by atoms with Gasteiger partial charge >= 0.3 is 6.36 Å². The molecule has 0 bridgehead atoms. The lowest BCUT2D eigenvalue weighted by Gasteiger charge is -2.18. The Morgan fingerprint density at radius 1 is 1.35 bits per heavy atom. The van der Waals surface area contributed by atoms with Crippen LogP contribution in [0.25, 0.3) is 0 Å². The molecule has 17 heavy (non-hydrogen) atoms. The second-order valence-corrected chi connectivity index (χ2v) is 3.62. The van der Waals surface area contributed by atoms with Crippen LogP contribution >= 0.6 is 0 Å². The molecule has 0 aliphatic carbocycles. The van der Waals surface area contributed by atoms with Crippen LogP contribution in [0.1, 0.15) is 25.0 Å². The zero-order chi connectivity index (χ0) is 13.1. The van der Waals surface area contributed by atoms with E-state index in [-0.39, 0.29) is 12.4 Å². The fourth-order valence-corrected chi connectivity index (χ4v) is 1.64. The average Bonchev–Trinajstić information content (AvgIpc) is 2.25. The van der Waals surface area contributed by atoms with Crippen molar-refractivity contribution in [3.8, 4) is 5.75 Å². The first kappa shape index (κ1) is 13.8. The molecule has 1 aromatic rings. The van der Waals surface area contributed by atoms with Crippen molar-refractivity contribution >= 4 is 0 Å². The highest BCUT2D eigenvalue weighted by atomic mass is 19.4. The van der Waals surface area contributed by atoms with Gasteiger partial charge in [-0.3, -0.25) is 0 Å². The van der Waals surface area contributed by atoms with Gasteiger partial charge in [-0.2, -0.15) is 0 Å². The molecule has 2 nitrogen and oxygen atoms in total. The highest BCUT2D eigenvalue weighted by Crippen LogP contribution is 2.31. The fraction of sp³-hybridized carbons (Fsp3) is 0.417. The van der Waals surface area contributed by atoms with E-state index in [1.54, 1.807) is 19.9 Å². The van der Waals surface area contributed by atoms with Gasteiger partial charge in [0.1, 0.15) is 5.75 Å². The van der Waals surface area contributed by atoms with E-state index in [9.17, 15) is 13.2 Å². The molecule has 0 saturated heterocycles. The lowest BCUT2D eigenvalue weighted by molar-refractivity contribution is -0.274. The standard InChI is InChI=1S/C12H14F3O2/c1-3-9-10(8(2)7-16)5-4-6-11(9)17-12(13,14)15/h4-6,16H,3,7H2,1-2H3. The van der Waals surface area contributed by atoms with Crippen LogP contribution in [0.5, 0.6) is 5.75 Å². The van der Waals surface area contributed by atoms with Crippen LogP contribution in [0.2, 0.25) is 0 Å². The Morgan fingerprint density at radius 2 is 2.00 bits per heavy atom. The van der Waals surface area contributed by atoms with E-state index < -0.39 is 6.36 Å². The zero-order valence-corrected chi connectivity index (χ0v) is 9.64. The smallest absolute Gasteiger partial charge is 0.405 e. The van der Waals surface area contributed by atoms with E-state index in [0.29, 0.717) is 23.5 Å². The summed E-state index contributed by atoms with van der Waals surface area (Å²) in [7, 11) is 0. The van der Waals surface area contributed by atoms with Gasteiger partial charge in [0.05, 0.1) is 6.61 Å². The van der Waals surface area contributed by atoms with Gasteiger partial charge in [0.15, 0.2) is 0 Å². The first-order chi connectivity index (χ1) is 7.89. The van der Waals surface area contributed by atoms with Crippen molar-refractivity contribution in [2.45, 2.75) is 26.6 Å². The Balaban J connectivity index is 3.14. The van der Waals surface area contributed by atoms with Crippen molar-refractivity contribution in [3.63, 3.8) is 0 Å². The predicted octanol–water partition coefficient (Wildman–Crippen LogP) is 3.08. The summed E-state index contributed by atoms with van der Waals surface area (Å²) in [5.41, 5.74) is 1.06. The van der Waals surface area contributed by atoms with Crippen molar-refractivity contribution in [1.82, 2.24) is 0 Å². The maximum Gasteiger partial charge on any atom is 0.573 e. The number of rotatable bonds is 4. The first-order valence-corrected chi connectivity index (χ1v) is 5.20. The van der Waals surface area contributed by atoms with Crippen LogP contribution in [0.4, 0.5) is 13.2 Å². The molecule has 0 saturated carbocycles. The molecule has 5 heteroatoms. The van der Waals surface area contributed by atoms with E-state index in [2.05, 4.69) is 4.74 Å². The summed E-state index contributed by atoms with van der Waals surface area (Å²) in [5.74, 6) is 0.416. The molecular formula is C12H14F3O2. The summed E-state index contributed by atoms with van der Waals surface area (Å²) in [5, 5.41) is 9.03. The quantitative estimate of drug-likeness (QED) is 0.886. The van der Waals surface area contributed by atoms with Crippen LogP contribution in [-0.4, -0.2) is 18.1 Å². The third kappa shape index (κ3) is 3.63. The number of aliphatic hydroxyl groups excluding tert-OH is 1. The number of benzene rings is 1. The van der Waals surface area contributed by atoms with Crippen LogP contribution in [0.3, 0.4) is 0 Å². The maximum atomic E-state index is 12.2. The van der Waals surface area contributed by atoms with Crippen molar-refractivity contribution < 1.29 is 23.0 Å². The van der Waals surface area contributed by atoms with Crippen LogP contribution in [0, 0.1) is 5.92 Å². The Morgan fingerprint density at radius 3 is 2.47 bits per heavy atom. The van der Waals surface area contributed by atoms with Crippen molar-refractivity contribution in [1.29, 1.82) is 0 Å². The second kappa shape index (κ2) is 5.40. The molecule has 95 valence electrons. The lowest BCUT2D eigenvalue weighted by Crippen LogP contribution is -2.19.